The van der Waals surface area contributed by atoms with Gasteiger partial charge in [0, 0.05) is 18.7 Å². The molecule has 0 spiro atoms. The van der Waals surface area contributed by atoms with E-state index in [1.807, 2.05) is 24.3 Å². The number of hydrogen-bond donors (Lipinski definition) is 1. The average molecular weight is 219 g/mol. The highest BCUT2D eigenvalue weighted by atomic mass is 16.3. The second-order valence-corrected chi connectivity index (χ2v) is 4.38. The van der Waals surface area contributed by atoms with E-state index in [4.69, 9.17) is 5.11 Å². The van der Waals surface area contributed by atoms with Crippen molar-refractivity contribution in [2.45, 2.75) is 25.4 Å². The number of aliphatic hydroxyl groups is 1. The number of benzene rings is 1. The van der Waals surface area contributed by atoms with Gasteiger partial charge in [0.05, 0.1) is 0 Å². The highest BCUT2D eigenvalue weighted by molar-refractivity contribution is 5.15. The lowest BCUT2D eigenvalue weighted by Crippen LogP contribution is -2.42. The van der Waals surface area contributed by atoms with Crippen molar-refractivity contribution in [3.8, 4) is 0 Å². The Kier molecular flexibility index (Phi) is 4.71. The first-order valence-corrected chi connectivity index (χ1v) is 5.62. The van der Waals surface area contributed by atoms with Crippen LogP contribution in [0.25, 0.3) is 0 Å². The normalized spacial score (nSPS) is 14.8. The number of rotatable bonds is 6. The minimum absolute atomic E-state index is 0.148. The lowest BCUT2D eigenvalue weighted by atomic mass is 9.96. The molecule has 0 saturated heterocycles. The Balaban J connectivity index is 2.70. The van der Waals surface area contributed by atoms with E-state index in [1.54, 1.807) is 0 Å². The number of likely N-dealkylation sites (N-methyl/N-ethyl adjacent to an activating group) is 1. The Morgan fingerprint density at radius 3 is 2.50 bits per heavy atom. The molecule has 0 aromatic heterocycles. The highest BCUT2D eigenvalue weighted by Crippen LogP contribution is 2.21. The molecule has 2 heteroatoms. The molecule has 0 aliphatic rings. The Morgan fingerprint density at radius 2 is 2.00 bits per heavy atom. The standard InChI is InChI=1S/C14H21NO/c1-4-14(2,10-11-16)15(3)12-13-8-6-5-7-9-13/h4-9,16H,1,10-12H2,2-3H3. The van der Waals surface area contributed by atoms with E-state index in [0.29, 0.717) is 6.42 Å². The fourth-order valence-corrected chi connectivity index (χ4v) is 1.71. The quantitative estimate of drug-likeness (QED) is 0.743. The predicted octanol–water partition coefficient (Wildman–Crippen LogP) is 2.45. The van der Waals surface area contributed by atoms with Crippen molar-refractivity contribution in [2.75, 3.05) is 13.7 Å². The minimum atomic E-state index is -0.148. The lowest BCUT2D eigenvalue weighted by Gasteiger charge is -2.36. The molecule has 1 unspecified atom stereocenters. The molecule has 1 atom stereocenters. The van der Waals surface area contributed by atoms with Gasteiger partial charge in [0.1, 0.15) is 0 Å². The molecule has 1 N–H and O–H groups in total. The van der Waals surface area contributed by atoms with Crippen molar-refractivity contribution >= 4 is 0 Å². The molecule has 1 rings (SSSR count). The third-order valence-corrected chi connectivity index (χ3v) is 3.19. The molecular formula is C14H21NO. The first-order chi connectivity index (χ1) is 7.62. The Hall–Kier alpha value is -1.12. The first-order valence-electron chi connectivity index (χ1n) is 5.62. The van der Waals surface area contributed by atoms with Gasteiger partial charge in [-0.15, -0.1) is 6.58 Å². The zero-order valence-electron chi connectivity index (χ0n) is 10.2. The molecule has 0 amide bonds. The maximum atomic E-state index is 9.07. The number of nitrogens with zero attached hydrogens (tertiary/aromatic N) is 1. The summed E-state index contributed by atoms with van der Waals surface area (Å²) >= 11 is 0. The van der Waals surface area contributed by atoms with E-state index < -0.39 is 0 Å². The third-order valence-electron chi connectivity index (χ3n) is 3.19. The Bertz CT molecular complexity index is 323. The second kappa shape index (κ2) is 5.83. The van der Waals surface area contributed by atoms with Crippen LogP contribution in [0.15, 0.2) is 43.0 Å². The monoisotopic (exact) mass is 219 g/mol. The van der Waals surface area contributed by atoms with Crippen LogP contribution in [0.3, 0.4) is 0 Å². The topological polar surface area (TPSA) is 23.5 Å². The highest BCUT2D eigenvalue weighted by Gasteiger charge is 2.24. The van der Waals surface area contributed by atoms with Crippen LogP contribution in [-0.4, -0.2) is 29.2 Å². The zero-order chi connectivity index (χ0) is 12.0. The summed E-state index contributed by atoms with van der Waals surface area (Å²) < 4.78 is 0. The molecule has 0 heterocycles. The minimum Gasteiger partial charge on any atom is -0.396 e. The van der Waals surface area contributed by atoms with Gasteiger partial charge >= 0.3 is 0 Å². The van der Waals surface area contributed by atoms with Crippen LogP contribution >= 0.6 is 0 Å². The van der Waals surface area contributed by atoms with Gasteiger partial charge < -0.3 is 5.11 Å². The van der Waals surface area contributed by atoms with E-state index in [2.05, 4.69) is 37.6 Å². The van der Waals surface area contributed by atoms with Crippen LogP contribution in [0.2, 0.25) is 0 Å². The fourth-order valence-electron chi connectivity index (χ4n) is 1.71. The molecule has 0 aliphatic carbocycles. The van der Waals surface area contributed by atoms with Crippen LogP contribution in [-0.2, 0) is 6.54 Å². The van der Waals surface area contributed by atoms with Gasteiger partial charge in [-0.05, 0) is 26.0 Å². The van der Waals surface area contributed by atoms with Gasteiger partial charge in [0.2, 0.25) is 0 Å². The van der Waals surface area contributed by atoms with Crippen molar-refractivity contribution in [1.82, 2.24) is 4.90 Å². The number of aliphatic hydroxyl groups excluding tert-OH is 1. The van der Waals surface area contributed by atoms with Crippen molar-refractivity contribution in [3.05, 3.63) is 48.6 Å². The summed E-state index contributed by atoms with van der Waals surface area (Å²) in [5.74, 6) is 0. The molecule has 0 saturated carbocycles. The van der Waals surface area contributed by atoms with E-state index in [-0.39, 0.29) is 12.1 Å². The fraction of sp³-hybridized carbons (Fsp3) is 0.429. The molecule has 0 fully saturated rings. The van der Waals surface area contributed by atoms with E-state index in [1.165, 1.54) is 5.56 Å². The van der Waals surface area contributed by atoms with E-state index in [9.17, 15) is 0 Å². The zero-order valence-corrected chi connectivity index (χ0v) is 10.2. The van der Waals surface area contributed by atoms with Gasteiger partial charge in [-0.2, -0.15) is 0 Å². The van der Waals surface area contributed by atoms with Crippen molar-refractivity contribution in [3.63, 3.8) is 0 Å². The molecule has 2 nitrogen and oxygen atoms in total. The smallest absolute Gasteiger partial charge is 0.0451 e. The van der Waals surface area contributed by atoms with Gasteiger partial charge in [-0.1, -0.05) is 36.4 Å². The molecular weight excluding hydrogens is 198 g/mol. The van der Waals surface area contributed by atoms with Crippen LogP contribution in [0.5, 0.6) is 0 Å². The third kappa shape index (κ3) is 3.19. The maximum Gasteiger partial charge on any atom is 0.0451 e. The Morgan fingerprint density at radius 1 is 1.38 bits per heavy atom. The Labute approximate surface area is 98.2 Å². The summed E-state index contributed by atoms with van der Waals surface area (Å²) in [7, 11) is 2.06. The summed E-state index contributed by atoms with van der Waals surface area (Å²) in [6, 6.07) is 10.3. The molecule has 88 valence electrons. The number of hydrogen-bond acceptors (Lipinski definition) is 2. The van der Waals surface area contributed by atoms with Crippen molar-refractivity contribution < 1.29 is 5.11 Å². The molecule has 1 aromatic rings. The van der Waals surface area contributed by atoms with Crippen LogP contribution in [0.4, 0.5) is 0 Å². The van der Waals surface area contributed by atoms with Crippen LogP contribution in [0, 0.1) is 0 Å². The second-order valence-electron chi connectivity index (χ2n) is 4.38. The largest absolute Gasteiger partial charge is 0.396 e. The SMILES string of the molecule is C=CC(C)(CCO)N(C)Cc1ccccc1. The summed E-state index contributed by atoms with van der Waals surface area (Å²) in [5, 5.41) is 9.07. The maximum absolute atomic E-state index is 9.07. The van der Waals surface area contributed by atoms with Gasteiger partial charge in [-0.3, -0.25) is 4.90 Å². The molecule has 0 radical (unpaired) electrons. The summed E-state index contributed by atoms with van der Waals surface area (Å²) in [4.78, 5) is 2.21. The summed E-state index contributed by atoms with van der Waals surface area (Å²) in [6.45, 7) is 7.00. The van der Waals surface area contributed by atoms with Crippen LogP contribution in [0.1, 0.15) is 18.9 Å². The summed E-state index contributed by atoms with van der Waals surface area (Å²) in [5.41, 5.74) is 1.13. The first kappa shape index (κ1) is 12.9. The predicted molar refractivity (Wildman–Crippen MR) is 68.2 cm³/mol. The van der Waals surface area contributed by atoms with Crippen molar-refractivity contribution in [2.24, 2.45) is 0 Å². The molecule has 0 bridgehead atoms. The average Bonchev–Trinajstić information content (AvgIpc) is 2.30. The van der Waals surface area contributed by atoms with Crippen molar-refractivity contribution in [1.29, 1.82) is 0 Å². The lowest BCUT2D eigenvalue weighted by molar-refractivity contribution is 0.134. The van der Waals surface area contributed by atoms with Crippen LogP contribution < -0.4 is 0 Å². The van der Waals surface area contributed by atoms with E-state index >= 15 is 0 Å². The molecule has 1 aromatic carbocycles. The molecule has 16 heavy (non-hydrogen) atoms. The molecule has 0 aliphatic heterocycles. The van der Waals surface area contributed by atoms with Gasteiger partial charge in [-0.25, -0.2) is 0 Å². The summed E-state index contributed by atoms with van der Waals surface area (Å²) in [6.07, 6.45) is 2.62. The van der Waals surface area contributed by atoms with E-state index in [0.717, 1.165) is 6.54 Å². The van der Waals surface area contributed by atoms with Gasteiger partial charge in [0.25, 0.3) is 0 Å². The van der Waals surface area contributed by atoms with Gasteiger partial charge in [0.15, 0.2) is 0 Å².